The lowest BCUT2D eigenvalue weighted by Crippen LogP contribution is -2.06. The minimum Gasteiger partial charge on any atom is -0.397 e. The molecule has 1 heterocycles. The maximum absolute atomic E-state index is 11.5. The molecule has 0 radical (unpaired) electrons. The first-order chi connectivity index (χ1) is 7.19. The average Bonchev–Trinajstić information content (AvgIpc) is 2.30. The molecular formula is C10H13FN2O2. The lowest BCUT2D eigenvalue weighted by atomic mass is 10.2. The molecule has 0 atom stereocenters. The van der Waals surface area contributed by atoms with Crippen LogP contribution in [0.2, 0.25) is 0 Å². The van der Waals surface area contributed by atoms with Crippen molar-refractivity contribution in [3.8, 4) is 0 Å². The predicted molar refractivity (Wildman–Crippen MR) is 56.6 cm³/mol. The van der Waals surface area contributed by atoms with Crippen LogP contribution in [0.15, 0.2) is 18.8 Å². The van der Waals surface area contributed by atoms with Gasteiger partial charge in [0.15, 0.2) is 5.69 Å². The molecular weight excluding hydrogens is 199 g/mol. The van der Waals surface area contributed by atoms with Crippen molar-refractivity contribution in [2.45, 2.75) is 13.8 Å². The Morgan fingerprint density at radius 1 is 1.67 bits per heavy atom. The molecule has 0 spiro atoms. The summed E-state index contributed by atoms with van der Waals surface area (Å²) in [5, 5.41) is 0. The van der Waals surface area contributed by atoms with Gasteiger partial charge in [-0.1, -0.05) is 26.5 Å². The number of aromatic nitrogens is 1. The van der Waals surface area contributed by atoms with Gasteiger partial charge in [-0.2, -0.15) is 0 Å². The highest BCUT2D eigenvalue weighted by atomic mass is 19.3. The summed E-state index contributed by atoms with van der Waals surface area (Å²) in [5.74, 6) is -1.20. The van der Waals surface area contributed by atoms with E-state index in [1.54, 1.807) is 0 Å². The van der Waals surface area contributed by atoms with E-state index in [1.165, 1.54) is 18.3 Å². The lowest BCUT2D eigenvalue weighted by Gasteiger charge is -2.00. The molecule has 0 saturated heterocycles. The number of hydrogen-bond donors (Lipinski definition) is 1. The van der Waals surface area contributed by atoms with Crippen molar-refractivity contribution in [3.05, 3.63) is 30.1 Å². The van der Waals surface area contributed by atoms with Crippen LogP contribution >= 0.6 is 0 Å². The van der Waals surface area contributed by atoms with E-state index in [0.29, 0.717) is 5.56 Å². The molecule has 0 aliphatic heterocycles. The Morgan fingerprint density at radius 3 is 2.67 bits per heavy atom. The van der Waals surface area contributed by atoms with Gasteiger partial charge in [0.2, 0.25) is 0 Å². The topological polar surface area (TPSA) is 65.2 Å². The number of pyridine rings is 1. The van der Waals surface area contributed by atoms with E-state index in [1.807, 2.05) is 13.8 Å². The van der Waals surface area contributed by atoms with Crippen LogP contribution in [0.1, 0.15) is 29.9 Å². The molecule has 4 nitrogen and oxygen atoms in total. The Morgan fingerprint density at radius 2 is 2.27 bits per heavy atom. The van der Waals surface area contributed by atoms with E-state index < -0.39 is 5.97 Å². The number of hydrogen-bond acceptors (Lipinski definition) is 4. The molecule has 1 aromatic heterocycles. The van der Waals surface area contributed by atoms with E-state index in [-0.39, 0.29) is 11.4 Å². The molecule has 0 aliphatic rings. The van der Waals surface area contributed by atoms with Crippen molar-refractivity contribution in [2.24, 2.45) is 0 Å². The number of nitrogens with two attached hydrogens (primary N) is 1. The fourth-order valence-corrected chi connectivity index (χ4v) is 0.818. The van der Waals surface area contributed by atoms with Gasteiger partial charge in [0.1, 0.15) is 0 Å². The van der Waals surface area contributed by atoms with Crippen LogP contribution in [0.25, 0.3) is 6.08 Å². The number of nitrogen functional groups attached to an aromatic ring is 1. The number of anilines is 1. The molecule has 0 fully saturated rings. The minimum atomic E-state index is -1.20. The highest BCUT2D eigenvalue weighted by Crippen LogP contribution is 2.12. The molecule has 1 aromatic rings. The van der Waals surface area contributed by atoms with Gasteiger partial charge in [0, 0.05) is 10.7 Å². The van der Waals surface area contributed by atoms with Crippen LogP contribution in [0.5, 0.6) is 0 Å². The number of halogens is 1. The zero-order valence-electron chi connectivity index (χ0n) is 8.66. The average molecular weight is 212 g/mol. The van der Waals surface area contributed by atoms with Crippen LogP contribution < -0.4 is 5.73 Å². The molecule has 0 bridgehead atoms. The third kappa shape index (κ3) is 3.38. The summed E-state index contributed by atoms with van der Waals surface area (Å²) in [6, 6.07) is 1.45. The molecule has 0 unspecified atom stereocenters. The van der Waals surface area contributed by atoms with Gasteiger partial charge in [-0.15, -0.1) is 0 Å². The maximum atomic E-state index is 11.5. The fraction of sp³-hybridized carbons (Fsp3) is 0.200. The molecule has 0 aliphatic carbocycles. The zero-order valence-corrected chi connectivity index (χ0v) is 8.66. The summed E-state index contributed by atoms with van der Waals surface area (Å²) < 4.78 is 11.5. The molecule has 0 amide bonds. The van der Waals surface area contributed by atoms with Crippen molar-refractivity contribution in [3.63, 3.8) is 0 Å². The van der Waals surface area contributed by atoms with Crippen molar-refractivity contribution in [1.29, 1.82) is 0 Å². The summed E-state index contributed by atoms with van der Waals surface area (Å²) in [4.78, 5) is 17.3. The normalized spacial score (nSPS) is 8.47. The second kappa shape index (κ2) is 6.53. The van der Waals surface area contributed by atoms with Crippen molar-refractivity contribution in [1.82, 2.24) is 4.98 Å². The molecule has 1 rings (SSSR count). The van der Waals surface area contributed by atoms with E-state index >= 15 is 0 Å². The molecule has 0 aromatic carbocycles. The number of rotatable bonds is 2. The second-order valence-corrected chi connectivity index (χ2v) is 2.28. The predicted octanol–water partition coefficient (Wildman–Crippen LogP) is 2.37. The lowest BCUT2D eigenvalue weighted by molar-refractivity contribution is -0.0792. The summed E-state index contributed by atoms with van der Waals surface area (Å²) in [5.41, 5.74) is 5.85. The summed E-state index contributed by atoms with van der Waals surface area (Å²) in [6.07, 6.45) is 2.85. The van der Waals surface area contributed by atoms with Gasteiger partial charge in [-0.25, -0.2) is 14.7 Å². The smallest absolute Gasteiger partial charge is 0.397 e. The van der Waals surface area contributed by atoms with Crippen molar-refractivity contribution >= 4 is 17.7 Å². The largest absolute Gasteiger partial charge is 0.399 e. The monoisotopic (exact) mass is 212 g/mol. The molecule has 5 heteroatoms. The highest BCUT2D eigenvalue weighted by Gasteiger charge is 2.13. The quantitative estimate of drug-likeness (QED) is 0.817. The SMILES string of the molecule is C=Cc1cnc(C(=O)OF)c(N)c1.CC. The van der Waals surface area contributed by atoms with E-state index in [2.05, 4.69) is 16.5 Å². The summed E-state index contributed by atoms with van der Waals surface area (Å²) >= 11 is 0. The standard InChI is InChI=1S/C8H7FN2O2.C2H6/c1-2-5-3-6(10)7(11-4-5)8(12)13-9;1-2/h2-4H,1,10H2;1-2H3. The molecule has 82 valence electrons. The van der Waals surface area contributed by atoms with Crippen LogP contribution in [0, 0.1) is 0 Å². The first kappa shape index (κ1) is 13.1. The van der Waals surface area contributed by atoms with Gasteiger partial charge in [-0.3, -0.25) is 0 Å². The Balaban J connectivity index is 0.000000921. The van der Waals surface area contributed by atoms with Crippen LogP contribution in [0.4, 0.5) is 10.2 Å². The first-order valence-electron chi connectivity index (χ1n) is 4.40. The minimum absolute atomic E-state index is 0.0556. The number of carbonyl (C=O) groups is 1. The van der Waals surface area contributed by atoms with Gasteiger partial charge >= 0.3 is 5.97 Å². The van der Waals surface area contributed by atoms with Crippen LogP contribution in [0.3, 0.4) is 0 Å². The van der Waals surface area contributed by atoms with Crippen LogP contribution in [-0.4, -0.2) is 11.0 Å². The molecule has 0 saturated carbocycles. The zero-order chi connectivity index (χ0) is 11.8. The fourth-order valence-electron chi connectivity index (χ4n) is 0.818. The molecule has 15 heavy (non-hydrogen) atoms. The number of carbonyl (C=O) groups excluding carboxylic acids is 1. The Labute approximate surface area is 87.5 Å². The van der Waals surface area contributed by atoms with Crippen molar-refractivity contribution < 1.29 is 14.3 Å². The second-order valence-electron chi connectivity index (χ2n) is 2.28. The van der Waals surface area contributed by atoms with Gasteiger partial charge < -0.3 is 5.73 Å². The third-order valence-corrected chi connectivity index (χ3v) is 1.44. The first-order valence-corrected chi connectivity index (χ1v) is 4.40. The van der Waals surface area contributed by atoms with E-state index in [9.17, 15) is 9.32 Å². The van der Waals surface area contributed by atoms with E-state index in [4.69, 9.17) is 5.73 Å². The third-order valence-electron chi connectivity index (χ3n) is 1.44. The number of nitrogens with zero attached hydrogens (tertiary/aromatic N) is 1. The Kier molecular flexibility index (Phi) is 5.70. The van der Waals surface area contributed by atoms with Gasteiger partial charge in [0.05, 0.1) is 5.69 Å². The van der Waals surface area contributed by atoms with Gasteiger partial charge in [-0.05, 0) is 11.6 Å². The van der Waals surface area contributed by atoms with Gasteiger partial charge in [0.25, 0.3) is 0 Å². The maximum Gasteiger partial charge on any atom is 0.399 e. The van der Waals surface area contributed by atoms with E-state index in [0.717, 1.165) is 0 Å². The summed E-state index contributed by atoms with van der Waals surface area (Å²) in [7, 11) is 0. The Bertz CT molecular complexity index is 353. The van der Waals surface area contributed by atoms with Crippen LogP contribution in [-0.2, 0) is 4.94 Å². The summed E-state index contributed by atoms with van der Waals surface area (Å²) in [6.45, 7) is 7.48. The van der Waals surface area contributed by atoms with Crippen molar-refractivity contribution in [2.75, 3.05) is 5.73 Å². The molecule has 2 N–H and O–H groups in total. The highest BCUT2D eigenvalue weighted by molar-refractivity contribution is 5.92. The Hall–Kier alpha value is -1.91.